The van der Waals surface area contributed by atoms with Crippen molar-refractivity contribution in [2.24, 2.45) is 0 Å². The minimum atomic E-state index is 0.620. The summed E-state index contributed by atoms with van der Waals surface area (Å²) in [5.41, 5.74) is 0. The van der Waals surface area contributed by atoms with Gasteiger partial charge in [0.2, 0.25) is 0 Å². The number of ether oxygens (including phenoxy) is 2. The summed E-state index contributed by atoms with van der Waals surface area (Å²) in [6, 6.07) is 0. The maximum absolute atomic E-state index is 5.79. The molecule has 21 heavy (non-hydrogen) atoms. The standard InChI is InChI=1S/C19H38O2/c1-3-4-5-6-9-12-15-18-19(21-18)16-13-10-7-8-11-14-17-20-2/h18-19H,3-17H2,1-2H3/t18-,19+/m1/s1. The minimum Gasteiger partial charge on any atom is -0.385 e. The number of unbranched alkanes of at least 4 members (excludes halogenated alkanes) is 10. The van der Waals surface area contributed by atoms with Gasteiger partial charge in [-0.05, 0) is 19.3 Å². The fraction of sp³-hybridized carbons (Fsp3) is 1.00. The molecule has 0 unspecified atom stereocenters. The average Bonchev–Trinajstić information content (AvgIpc) is 3.24. The van der Waals surface area contributed by atoms with E-state index in [1.54, 1.807) is 7.11 Å². The third-order valence-corrected chi connectivity index (χ3v) is 4.62. The van der Waals surface area contributed by atoms with Gasteiger partial charge in [0.1, 0.15) is 0 Å². The highest BCUT2D eigenvalue weighted by Crippen LogP contribution is 2.31. The van der Waals surface area contributed by atoms with Crippen LogP contribution in [0.3, 0.4) is 0 Å². The van der Waals surface area contributed by atoms with Gasteiger partial charge in [-0.1, -0.05) is 77.6 Å². The van der Waals surface area contributed by atoms with E-state index in [2.05, 4.69) is 6.92 Å². The van der Waals surface area contributed by atoms with Gasteiger partial charge in [0.15, 0.2) is 0 Å². The fourth-order valence-electron chi connectivity index (χ4n) is 3.11. The lowest BCUT2D eigenvalue weighted by Crippen LogP contribution is -1.95. The van der Waals surface area contributed by atoms with Crippen LogP contribution >= 0.6 is 0 Å². The molecule has 1 aliphatic rings. The van der Waals surface area contributed by atoms with Gasteiger partial charge in [-0.25, -0.2) is 0 Å². The summed E-state index contributed by atoms with van der Waals surface area (Å²) < 4.78 is 10.9. The van der Waals surface area contributed by atoms with Gasteiger partial charge in [0.05, 0.1) is 12.2 Å². The minimum absolute atomic E-state index is 0.620. The molecule has 2 heteroatoms. The van der Waals surface area contributed by atoms with Crippen LogP contribution in [0.2, 0.25) is 0 Å². The van der Waals surface area contributed by atoms with Crippen molar-refractivity contribution < 1.29 is 9.47 Å². The first kappa shape index (κ1) is 19.0. The van der Waals surface area contributed by atoms with Crippen LogP contribution in [0, 0.1) is 0 Å². The molecule has 1 saturated heterocycles. The second-order valence-electron chi connectivity index (χ2n) is 6.67. The van der Waals surface area contributed by atoms with Gasteiger partial charge in [-0.15, -0.1) is 0 Å². The molecule has 0 aromatic heterocycles. The molecule has 1 aliphatic heterocycles. The molecule has 0 amide bonds. The number of hydrogen-bond acceptors (Lipinski definition) is 2. The molecule has 0 spiro atoms. The molecular weight excluding hydrogens is 260 g/mol. The first-order valence-corrected chi connectivity index (χ1v) is 9.53. The van der Waals surface area contributed by atoms with E-state index in [1.807, 2.05) is 0 Å². The smallest absolute Gasteiger partial charge is 0.0841 e. The number of epoxide rings is 1. The maximum Gasteiger partial charge on any atom is 0.0841 e. The number of rotatable bonds is 16. The molecule has 1 fully saturated rings. The topological polar surface area (TPSA) is 21.8 Å². The van der Waals surface area contributed by atoms with Crippen molar-refractivity contribution in [2.45, 2.75) is 109 Å². The van der Waals surface area contributed by atoms with Crippen LogP contribution in [-0.2, 0) is 9.47 Å². The number of hydrogen-bond donors (Lipinski definition) is 0. The summed E-state index contributed by atoms with van der Waals surface area (Å²) in [7, 11) is 1.79. The van der Waals surface area contributed by atoms with Crippen LogP contribution in [0.25, 0.3) is 0 Å². The van der Waals surface area contributed by atoms with Gasteiger partial charge >= 0.3 is 0 Å². The van der Waals surface area contributed by atoms with E-state index in [-0.39, 0.29) is 0 Å². The van der Waals surface area contributed by atoms with E-state index < -0.39 is 0 Å². The van der Waals surface area contributed by atoms with Gasteiger partial charge < -0.3 is 9.47 Å². The Morgan fingerprint density at radius 3 is 1.67 bits per heavy atom. The zero-order valence-electron chi connectivity index (χ0n) is 14.6. The molecule has 126 valence electrons. The van der Waals surface area contributed by atoms with E-state index in [0.29, 0.717) is 12.2 Å². The van der Waals surface area contributed by atoms with Crippen LogP contribution in [-0.4, -0.2) is 25.9 Å². The van der Waals surface area contributed by atoms with Crippen molar-refractivity contribution in [1.29, 1.82) is 0 Å². The van der Waals surface area contributed by atoms with E-state index in [0.717, 1.165) is 6.61 Å². The van der Waals surface area contributed by atoms with Crippen LogP contribution < -0.4 is 0 Å². The van der Waals surface area contributed by atoms with Crippen LogP contribution in [0.15, 0.2) is 0 Å². The van der Waals surface area contributed by atoms with Gasteiger partial charge in [-0.2, -0.15) is 0 Å². The van der Waals surface area contributed by atoms with Crippen molar-refractivity contribution in [3.8, 4) is 0 Å². The molecule has 0 aromatic carbocycles. The Morgan fingerprint density at radius 1 is 0.667 bits per heavy atom. The van der Waals surface area contributed by atoms with E-state index in [4.69, 9.17) is 9.47 Å². The van der Waals surface area contributed by atoms with Crippen LogP contribution in [0.5, 0.6) is 0 Å². The third kappa shape index (κ3) is 11.2. The Labute approximate surface area is 133 Å². The average molecular weight is 299 g/mol. The predicted octanol–water partition coefficient (Wildman–Crippen LogP) is 5.88. The summed E-state index contributed by atoms with van der Waals surface area (Å²) in [5.74, 6) is 0. The predicted molar refractivity (Wildman–Crippen MR) is 90.8 cm³/mol. The molecule has 0 N–H and O–H groups in total. The highest BCUT2D eigenvalue weighted by Gasteiger charge is 2.36. The monoisotopic (exact) mass is 298 g/mol. The molecule has 2 nitrogen and oxygen atoms in total. The van der Waals surface area contributed by atoms with Crippen molar-refractivity contribution in [3.05, 3.63) is 0 Å². The van der Waals surface area contributed by atoms with Gasteiger partial charge in [0, 0.05) is 13.7 Å². The second kappa shape index (κ2) is 13.6. The van der Waals surface area contributed by atoms with Crippen LogP contribution in [0.1, 0.15) is 96.8 Å². The molecule has 0 aliphatic carbocycles. The second-order valence-corrected chi connectivity index (χ2v) is 6.67. The van der Waals surface area contributed by atoms with Crippen molar-refractivity contribution in [2.75, 3.05) is 13.7 Å². The molecule has 1 heterocycles. The molecule has 0 saturated carbocycles. The van der Waals surface area contributed by atoms with Crippen molar-refractivity contribution >= 4 is 0 Å². The van der Waals surface area contributed by atoms with Crippen molar-refractivity contribution in [3.63, 3.8) is 0 Å². The Kier molecular flexibility index (Phi) is 12.3. The summed E-state index contributed by atoms with van der Waals surface area (Å²) in [6.07, 6.45) is 20.3. The SMILES string of the molecule is CCCCCCCC[C@H]1O[C@H]1CCCCCCCCOC. The summed E-state index contributed by atoms with van der Waals surface area (Å²) in [5, 5.41) is 0. The highest BCUT2D eigenvalue weighted by atomic mass is 16.6. The zero-order valence-corrected chi connectivity index (χ0v) is 14.6. The third-order valence-electron chi connectivity index (χ3n) is 4.62. The van der Waals surface area contributed by atoms with Gasteiger partial charge in [-0.3, -0.25) is 0 Å². The first-order valence-electron chi connectivity index (χ1n) is 9.53. The largest absolute Gasteiger partial charge is 0.385 e. The normalized spacial score (nSPS) is 20.9. The lowest BCUT2D eigenvalue weighted by molar-refractivity contribution is 0.192. The van der Waals surface area contributed by atoms with Crippen LogP contribution in [0.4, 0.5) is 0 Å². The number of methoxy groups -OCH3 is 1. The zero-order chi connectivity index (χ0) is 15.2. The molecule has 0 radical (unpaired) electrons. The molecular formula is C19H38O2. The Morgan fingerprint density at radius 2 is 1.14 bits per heavy atom. The van der Waals surface area contributed by atoms with E-state index in [9.17, 15) is 0 Å². The Bertz CT molecular complexity index is 218. The van der Waals surface area contributed by atoms with Gasteiger partial charge in [0.25, 0.3) is 0 Å². The maximum atomic E-state index is 5.79. The summed E-state index contributed by atoms with van der Waals surface area (Å²) in [6.45, 7) is 3.21. The highest BCUT2D eigenvalue weighted by molar-refractivity contribution is 4.84. The molecule has 0 bridgehead atoms. The van der Waals surface area contributed by atoms with E-state index in [1.165, 1.54) is 89.9 Å². The molecule has 0 aromatic rings. The lowest BCUT2D eigenvalue weighted by atomic mass is 10.0. The fourth-order valence-corrected chi connectivity index (χ4v) is 3.11. The quantitative estimate of drug-likeness (QED) is 0.262. The molecule has 1 rings (SSSR count). The Balaban J connectivity index is 1.74. The Hall–Kier alpha value is -0.0800. The van der Waals surface area contributed by atoms with E-state index >= 15 is 0 Å². The first-order chi connectivity index (χ1) is 10.4. The summed E-state index contributed by atoms with van der Waals surface area (Å²) in [4.78, 5) is 0. The lowest BCUT2D eigenvalue weighted by Gasteiger charge is -2.01. The summed E-state index contributed by atoms with van der Waals surface area (Å²) >= 11 is 0. The molecule has 2 atom stereocenters. The van der Waals surface area contributed by atoms with Crippen molar-refractivity contribution in [1.82, 2.24) is 0 Å².